The number of halogens is 1. The summed E-state index contributed by atoms with van der Waals surface area (Å²) in [6, 6.07) is 7.85. The van der Waals surface area contributed by atoms with E-state index >= 15 is 0 Å². The molecule has 1 aromatic carbocycles. The van der Waals surface area contributed by atoms with Gasteiger partial charge in [0, 0.05) is 11.1 Å². The minimum absolute atomic E-state index is 0.122. The SMILES string of the molecule is CCOc1c(N)nsc1NC(C)c1ccc(Cl)cc1. The molecule has 3 N–H and O–H groups in total. The van der Waals surface area contributed by atoms with E-state index in [0.717, 1.165) is 15.6 Å². The van der Waals surface area contributed by atoms with Gasteiger partial charge in [-0.2, -0.15) is 4.37 Å². The fraction of sp³-hybridized carbons (Fsp3) is 0.308. The molecular weight excluding hydrogens is 282 g/mol. The molecule has 0 amide bonds. The molecule has 0 spiro atoms. The number of nitrogens with zero attached hydrogens (tertiary/aromatic N) is 1. The van der Waals surface area contributed by atoms with Crippen LogP contribution in [0, 0.1) is 0 Å². The number of nitrogens with one attached hydrogen (secondary N) is 1. The average molecular weight is 298 g/mol. The van der Waals surface area contributed by atoms with E-state index in [1.807, 2.05) is 31.2 Å². The Morgan fingerprint density at radius 2 is 2.11 bits per heavy atom. The lowest BCUT2D eigenvalue weighted by Crippen LogP contribution is -2.07. The molecule has 0 aliphatic rings. The maximum atomic E-state index is 5.88. The van der Waals surface area contributed by atoms with Crippen LogP contribution in [-0.4, -0.2) is 11.0 Å². The number of nitrogen functional groups attached to an aromatic ring is 1. The summed E-state index contributed by atoms with van der Waals surface area (Å²) in [5, 5.41) is 4.94. The Morgan fingerprint density at radius 3 is 2.74 bits per heavy atom. The van der Waals surface area contributed by atoms with Gasteiger partial charge in [0.2, 0.25) is 0 Å². The number of anilines is 2. The fourth-order valence-electron chi connectivity index (χ4n) is 1.70. The number of nitrogens with two attached hydrogens (primary N) is 1. The van der Waals surface area contributed by atoms with Crippen molar-refractivity contribution < 1.29 is 4.74 Å². The quantitative estimate of drug-likeness (QED) is 0.877. The first-order valence-electron chi connectivity index (χ1n) is 6.01. The minimum Gasteiger partial charge on any atom is -0.487 e. The summed E-state index contributed by atoms with van der Waals surface area (Å²) in [5.74, 6) is 1.06. The number of benzene rings is 1. The maximum absolute atomic E-state index is 5.88. The van der Waals surface area contributed by atoms with E-state index in [2.05, 4.69) is 16.6 Å². The number of ether oxygens (including phenoxy) is 1. The Labute approximate surface area is 121 Å². The standard InChI is InChI=1S/C13H16ClN3OS/c1-3-18-11-12(15)17-19-13(11)16-8(2)9-4-6-10(14)7-5-9/h4-8,16H,3H2,1-2H3,(H2,15,17). The molecule has 0 radical (unpaired) electrons. The highest BCUT2D eigenvalue weighted by atomic mass is 35.5. The van der Waals surface area contributed by atoms with Gasteiger partial charge in [-0.3, -0.25) is 0 Å². The molecule has 0 saturated heterocycles. The average Bonchev–Trinajstić information content (AvgIpc) is 2.73. The van der Waals surface area contributed by atoms with E-state index in [1.54, 1.807) is 0 Å². The Hall–Kier alpha value is -1.46. The van der Waals surface area contributed by atoms with Crippen LogP contribution in [0.3, 0.4) is 0 Å². The molecule has 1 aromatic heterocycles. The molecule has 1 unspecified atom stereocenters. The Kier molecular flexibility index (Phi) is 4.50. The highest BCUT2D eigenvalue weighted by Crippen LogP contribution is 2.37. The van der Waals surface area contributed by atoms with Crippen LogP contribution in [0.1, 0.15) is 25.5 Å². The first-order chi connectivity index (χ1) is 9.11. The smallest absolute Gasteiger partial charge is 0.197 e. The van der Waals surface area contributed by atoms with Crippen molar-refractivity contribution >= 4 is 34.0 Å². The lowest BCUT2D eigenvalue weighted by molar-refractivity contribution is 0.344. The van der Waals surface area contributed by atoms with Gasteiger partial charge in [0.25, 0.3) is 0 Å². The molecule has 19 heavy (non-hydrogen) atoms. The van der Waals surface area contributed by atoms with Crippen LogP contribution >= 0.6 is 23.1 Å². The molecule has 0 aliphatic carbocycles. The molecule has 2 rings (SSSR count). The van der Waals surface area contributed by atoms with Gasteiger partial charge in [-0.1, -0.05) is 23.7 Å². The Bertz CT molecular complexity index is 541. The highest BCUT2D eigenvalue weighted by molar-refractivity contribution is 7.11. The van der Waals surface area contributed by atoms with E-state index in [-0.39, 0.29) is 6.04 Å². The van der Waals surface area contributed by atoms with Crippen molar-refractivity contribution in [2.45, 2.75) is 19.9 Å². The molecule has 0 fully saturated rings. The van der Waals surface area contributed by atoms with E-state index in [0.29, 0.717) is 18.2 Å². The second kappa shape index (κ2) is 6.12. The molecule has 2 aromatic rings. The zero-order chi connectivity index (χ0) is 13.8. The van der Waals surface area contributed by atoms with Crippen LogP contribution in [0.2, 0.25) is 5.02 Å². The van der Waals surface area contributed by atoms with Crippen LogP contribution in [0.15, 0.2) is 24.3 Å². The summed E-state index contributed by atoms with van der Waals surface area (Å²) < 4.78 is 9.61. The summed E-state index contributed by atoms with van der Waals surface area (Å²) in [7, 11) is 0. The van der Waals surface area contributed by atoms with Gasteiger partial charge in [-0.05, 0) is 43.1 Å². The maximum Gasteiger partial charge on any atom is 0.197 e. The third-order valence-electron chi connectivity index (χ3n) is 2.68. The van der Waals surface area contributed by atoms with Crippen molar-refractivity contribution in [3.8, 4) is 5.75 Å². The number of aromatic nitrogens is 1. The second-order valence-corrected chi connectivity index (χ2v) is 5.29. The molecule has 0 bridgehead atoms. The summed E-state index contributed by atoms with van der Waals surface area (Å²) in [5.41, 5.74) is 6.92. The van der Waals surface area contributed by atoms with E-state index in [1.165, 1.54) is 11.5 Å². The largest absolute Gasteiger partial charge is 0.487 e. The topological polar surface area (TPSA) is 60.2 Å². The lowest BCUT2D eigenvalue weighted by atomic mass is 10.1. The van der Waals surface area contributed by atoms with Gasteiger partial charge in [-0.25, -0.2) is 0 Å². The van der Waals surface area contributed by atoms with Gasteiger partial charge in [-0.15, -0.1) is 0 Å². The van der Waals surface area contributed by atoms with Crippen LogP contribution in [0.25, 0.3) is 0 Å². The number of hydrogen-bond donors (Lipinski definition) is 2. The van der Waals surface area contributed by atoms with Gasteiger partial charge < -0.3 is 15.8 Å². The van der Waals surface area contributed by atoms with Crippen molar-refractivity contribution in [2.24, 2.45) is 0 Å². The first kappa shape index (κ1) is 14.0. The zero-order valence-electron chi connectivity index (χ0n) is 10.8. The number of hydrogen-bond acceptors (Lipinski definition) is 5. The summed E-state index contributed by atoms with van der Waals surface area (Å²) >= 11 is 7.19. The zero-order valence-corrected chi connectivity index (χ0v) is 12.4. The molecular formula is C13H16ClN3OS. The van der Waals surface area contributed by atoms with Gasteiger partial charge in [0.1, 0.15) is 0 Å². The molecule has 0 saturated carbocycles. The van der Waals surface area contributed by atoms with Crippen molar-refractivity contribution in [1.82, 2.24) is 4.37 Å². The van der Waals surface area contributed by atoms with Gasteiger partial charge in [0.05, 0.1) is 6.61 Å². The van der Waals surface area contributed by atoms with Crippen LogP contribution < -0.4 is 15.8 Å². The van der Waals surface area contributed by atoms with Crippen molar-refractivity contribution in [3.05, 3.63) is 34.9 Å². The minimum atomic E-state index is 0.122. The van der Waals surface area contributed by atoms with Crippen LogP contribution in [0.5, 0.6) is 5.75 Å². The molecule has 102 valence electrons. The molecule has 6 heteroatoms. The second-order valence-electron chi connectivity index (χ2n) is 4.08. The first-order valence-corrected chi connectivity index (χ1v) is 7.17. The van der Waals surface area contributed by atoms with E-state index in [9.17, 15) is 0 Å². The third kappa shape index (κ3) is 3.30. The fourth-order valence-corrected chi connectivity index (χ4v) is 2.58. The van der Waals surface area contributed by atoms with E-state index in [4.69, 9.17) is 22.1 Å². The number of rotatable bonds is 5. The van der Waals surface area contributed by atoms with Crippen molar-refractivity contribution in [3.63, 3.8) is 0 Å². The van der Waals surface area contributed by atoms with Crippen molar-refractivity contribution in [1.29, 1.82) is 0 Å². The Morgan fingerprint density at radius 1 is 1.42 bits per heavy atom. The Balaban J connectivity index is 2.14. The van der Waals surface area contributed by atoms with Crippen LogP contribution in [-0.2, 0) is 0 Å². The van der Waals surface area contributed by atoms with Gasteiger partial charge >= 0.3 is 0 Å². The molecule has 0 aliphatic heterocycles. The highest BCUT2D eigenvalue weighted by Gasteiger charge is 2.15. The monoisotopic (exact) mass is 297 g/mol. The molecule has 1 heterocycles. The third-order valence-corrected chi connectivity index (χ3v) is 3.71. The lowest BCUT2D eigenvalue weighted by Gasteiger charge is -2.15. The molecule has 4 nitrogen and oxygen atoms in total. The predicted molar refractivity (Wildman–Crippen MR) is 81.2 cm³/mol. The molecule has 1 atom stereocenters. The summed E-state index contributed by atoms with van der Waals surface area (Å²) in [6.07, 6.45) is 0. The summed E-state index contributed by atoms with van der Waals surface area (Å²) in [6.45, 7) is 4.55. The van der Waals surface area contributed by atoms with Crippen molar-refractivity contribution in [2.75, 3.05) is 17.7 Å². The van der Waals surface area contributed by atoms with Gasteiger partial charge in [0.15, 0.2) is 16.6 Å². The van der Waals surface area contributed by atoms with E-state index < -0.39 is 0 Å². The normalized spacial score (nSPS) is 12.2. The summed E-state index contributed by atoms with van der Waals surface area (Å²) in [4.78, 5) is 0. The predicted octanol–water partition coefficient (Wildman–Crippen LogP) is 3.95. The van der Waals surface area contributed by atoms with Crippen LogP contribution in [0.4, 0.5) is 10.8 Å².